The maximum atomic E-state index is 4.22. The van der Waals surface area contributed by atoms with Crippen molar-refractivity contribution < 1.29 is 0 Å². The minimum Gasteiger partial charge on any atom is -0.264 e. The fourth-order valence-electron chi connectivity index (χ4n) is 2.61. The lowest BCUT2D eigenvalue weighted by Gasteiger charge is -2.08. The van der Waals surface area contributed by atoms with Crippen LogP contribution in [0.1, 0.15) is 73.4 Å². The van der Waals surface area contributed by atoms with Gasteiger partial charge in [0.25, 0.3) is 0 Å². The lowest BCUT2D eigenvalue weighted by molar-refractivity contribution is 0.847. The van der Waals surface area contributed by atoms with Crippen molar-refractivity contribution >= 4 is 0 Å². The molecule has 2 aromatic heterocycles. The van der Waals surface area contributed by atoms with Crippen LogP contribution in [0.5, 0.6) is 0 Å². The van der Waals surface area contributed by atoms with E-state index >= 15 is 0 Å². The van der Waals surface area contributed by atoms with E-state index in [2.05, 4.69) is 49.8 Å². The SMILES string of the molecule is CCc1cncc(C2CC2)c1.Cc1cc(C(C)C)c(C)cn1. The molecule has 1 saturated carbocycles. The van der Waals surface area contributed by atoms with Gasteiger partial charge in [-0.05, 0) is 73.3 Å². The molecule has 118 valence electrons. The average molecular weight is 296 g/mol. The summed E-state index contributed by atoms with van der Waals surface area (Å²) in [5.41, 5.74) is 6.64. The quantitative estimate of drug-likeness (QED) is 0.763. The molecule has 0 saturated heterocycles. The van der Waals surface area contributed by atoms with E-state index in [1.54, 1.807) is 0 Å². The molecular formula is C20H28N2. The Hall–Kier alpha value is -1.70. The lowest BCUT2D eigenvalue weighted by Crippen LogP contribution is -1.94. The van der Waals surface area contributed by atoms with Gasteiger partial charge in [-0.3, -0.25) is 9.97 Å². The van der Waals surface area contributed by atoms with Gasteiger partial charge in [0.1, 0.15) is 0 Å². The summed E-state index contributed by atoms with van der Waals surface area (Å²) in [7, 11) is 0. The Kier molecular flexibility index (Phi) is 5.70. The van der Waals surface area contributed by atoms with E-state index in [-0.39, 0.29) is 0 Å². The van der Waals surface area contributed by atoms with E-state index in [0.29, 0.717) is 5.92 Å². The number of hydrogen-bond acceptors (Lipinski definition) is 2. The molecule has 2 nitrogen and oxygen atoms in total. The summed E-state index contributed by atoms with van der Waals surface area (Å²) in [5.74, 6) is 1.45. The van der Waals surface area contributed by atoms with E-state index in [1.165, 1.54) is 35.1 Å². The Morgan fingerprint density at radius 3 is 2.36 bits per heavy atom. The Morgan fingerprint density at radius 1 is 1.09 bits per heavy atom. The molecule has 0 amide bonds. The van der Waals surface area contributed by atoms with E-state index in [4.69, 9.17) is 0 Å². The topological polar surface area (TPSA) is 25.8 Å². The molecule has 2 heterocycles. The second-order valence-electron chi connectivity index (χ2n) is 6.59. The molecule has 0 aliphatic heterocycles. The highest BCUT2D eigenvalue weighted by atomic mass is 14.7. The van der Waals surface area contributed by atoms with E-state index in [1.807, 2.05) is 25.5 Å². The zero-order chi connectivity index (χ0) is 16.1. The monoisotopic (exact) mass is 296 g/mol. The summed E-state index contributed by atoms with van der Waals surface area (Å²) in [6.45, 7) is 10.7. The number of aromatic nitrogens is 2. The van der Waals surface area contributed by atoms with Crippen LogP contribution in [0.15, 0.2) is 30.7 Å². The average Bonchev–Trinajstić information content (AvgIpc) is 3.35. The zero-order valence-electron chi connectivity index (χ0n) is 14.6. The van der Waals surface area contributed by atoms with Crippen LogP contribution in [0.4, 0.5) is 0 Å². The third kappa shape index (κ3) is 4.66. The summed E-state index contributed by atoms with van der Waals surface area (Å²) in [5, 5.41) is 0. The third-order valence-electron chi connectivity index (χ3n) is 4.18. The Morgan fingerprint density at radius 2 is 1.82 bits per heavy atom. The van der Waals surface area contributed by atoms with Gasteiger partial charge >= 0.3 is 0 Å². The van der Waals surface area contributed by atoms with Gasteiger partial charge < -0.3 is 0 Å². The first kappa shape index (κ1) is 16.7. The van der Waals surface area contributed by atoms with E-state index in [9.17, 15) is 0 Å². The van der Waals surface area contributed by atoms with Crippen molar-refractivity contribution in [1.29, 1.82) is 0 Å². The number of hydrogen-bond donors (Lipinski definition) is 0. The molecule has 22 heavy (non-hydrogen) atoms. The molecule has 3 rings (SSSR count). The van der Waals surface area contributed by atoms with Gasteiger partial charge in [0.05, 0.1) is 0 Å². The molecule has 0 N–H and O–H groups in total. The maximum absolute atomic E-state index is 4.22. The number of nitrogens with zero attached hydrogens (tertiary/aromatic N) is 2. The van der Waals surface area contributed by atoms with Crippen LogP contribution in [0.3, 0.4) is 0 Å². The van der Waals surface area contributed by atoms with Gasteiger partial charge in [-0.2, -0.15) is 0 Å². The van der Waals surface area contributed by atoms with Crippen molar-refractivity contribution in [3.8, 4) is 0 Å². The summed E-state index contributed by atoms with van der Waals surface area (Å²) in [6, 6.07) is 4.46. The van der Waals surface area contributed by atoms with Gasteiger partial charge in [-0.25, -0.2) is 0 Å². The molecule has 0 spiro atoms. The van der Waals surface area contributed by atoms with Crippen LogP contribution in [0.25, 0.3) is 0 Å². The Bertz CT molecular complexity index is 613. The second-order valence-corrected chi connectivity index (χ2v) is 6.59. The van der Waals surface area contributed by atoms with Crippen molar-refractivity contribution in [3.05, 3.63) is 58.7 Å². The molecule has 0 aromatic carbocycles. The highest BCUT2D eigenvalue weighted by molar-refractivity contribution is 5.27. The first-order valence-corrected chi connectivity index (χ1v) is 8.38. The molecule has 1 aliphatic carbocycles. The number of pyridine rings is 2. The van der Waals surface area contributed by atoms with Crippen molar-refractivity contribution in [2.24, 2.45) is 0 Å². The number of aryl methyl sites for hydroxylation is 3. The van der Waals surface area contributed by atoms with Gasteiger partial charge in [0.15, 0.2) is 0 Å². The largest absolute Gasteiger partial charge is 0.264 e. The fraction of sp³-hybridized carbons (Fsp3) is 0.500. The van der Waals surface area contributed by atoms with Gasteiger partial charge in [-0.15, -0.1) is 0 Å². The minimum absolute atomic E-state index is 0.608. The predicted molar refractivity (Wildman–Crippen MR) is 93.4 cm³/mol. The molecule has 0 bridgehead atoms. The molecule has 1 fully saturated rings. The van der Waals surface area contributed by atoms with Crippen LogP contribution in [0, 0.1) is 13.8 Å². The normalized spacial score (nSPS) is 13.7. The molecule has 2 aromatic rings. The first-order chi connectivity index (χ1) is 10.5. The standard InChI is InChI=1S/C10H13N.C10H15N/c1-2-8-5-10(7-11-6-8)9-3-4-9;1-7(2)10-5-9(4)11-6-8(10)3/h5-7,9H,2-4H2,1H3;5-7H,1-4H3. The molecule has 1 aliphatic rings. The Balaban J connectivity index is 0.000000160. The van der Waals surface area contributed by atoms with Gasteiger partial charge in [-0.1, -0.05) is 26.8 Å². The van der Waals surface area contributed by atoms with Crippen LogP contribution in [-0.2, 0) is 6.42 Å². The summed E-state index contributed by atoms with van der Waals surface area (Å²) >= 11 is 0. The highest BCUT2D eigenvalue weighted by Gasteiger charge is 2.23. The molecule has 2 heteroatoms. The van der Waals surface area contributed by atoms with Crippen molar-refractivity contribution in [2.45, 2.75) is 65.7 Å². The fourth-order valence-corrected chi connectivity index (χ4v) is 2.61. The molecule has 0 radical (unpaired) electrons. The predicted octanol–water partition coefficient (Wildman–Crippen LogP) is 5.34. The van der Waals surface area contributed by atoms with Crippen molar-refractivity contribution in [1.82, 2.24) is 9.97 Å². The van der Waals surface area contributed by atoms with Crippen LogP contribution in [0.2, 0.25) is 0 Å². The summed E-state index contributed by atoms with van der Waals surface area (Å²) in [6.07, 6.45) is 9.77. The van der Waals surface area contributed by atoms with Crippen molar-refractivity contribution in [3.63, 3.8) is 0 Å². The molecular weight excluding hydrogens is 268 g/mol. The smallest absolute Gasteiger partial charge is 0.0375 e. The van der Waals surface area contributed by atoms with Crippen LogP contribution >= 0.6 is 0 Å². The summed E-state index contributed by atoms with van der Waals surface area (Å²) in [4.78, 5) is 8.44. The van der Waals surface area contributed by atoms with E-state index < -0.39 is 0 Å². The number of rotatable bonds is 3. The lowest BCUT2D eigenvalue weighted by atomic mass is 9.99. The van der Waals surface area contributed by atoms with Gasteiger partial charge in [0.2, 0.25) is 0 Å². The zero-order valence-corrected chi connectivity index (χ0v) is 14.6. The third-order valence-corrected chi connectivity index (χ3v) is 4.18. The van der Waals surface area contributed by atoms with Crippen molar-refractivity contribution in [2.75, 3.05) is 0 Å². The molecule has 0 atom stereocenters. The van der Waals surface area contributed by atoms with Crippen LogP contribution in [-0.4, -0.2) is 9.97 Å². The first-order valence-electron chi connectivity index (χ1n) is 8.38. The summed E-state index contributed by atoms with van der Waals surface area (Å²) < 4.78 is 0. The highest BCUT2D eigenvalue weighted by Crippen LogP contribution is 2.39. The maximum Gasteiger partial charge on any atom is 0.0375 e. The molecule has 0 unspecified atom stereocenters. The van der Waals surface area contributed by atoms with Crippen LogP contribution < -0.4 is 0 Å². The van der Waals surface area contributed by atoms with E-state index in [0.717, 1.165) is 18.0 Å². The second kappa shape index (κ2) is 7.53. The van der Waals surface area contributed by atoms with Gasteiger partial charge in [0, 0.05) is 24.3 Å². The Labute approximate surface area is 135 Å². The minimum atomic E-state index is 0.608.